The smallest absolute Gasteiger partial charge is 0.180 e. The van der Waals surface area contributed by atoms with Gasteiger partial charge in [-0.15, -0.1) is 0 Å². The van der Waals surface area contributed by atoms with E-state index in [0.717, 1.165) is 0 Å². The lowest BCUT2D eigenvalue weighted by atomic mass is 10.3. The maximum absolute atomic E-state index is 11.7. The van der Waals surface area contributed by atoms with Gasteiger partial charge in [-0.1, -0.05) is 12.1 Å². The van der Waals surface area contributed by atoms with Crippen LogP contribution in [-0.2, 0) is 9.84 Å². The molecule has 0 aliphatic heterocycles. The van der Waals surface area contributed by atoms with Crippen LogP contribution in [0.2, 0.25) is 0 Å². The van der Waals surface area contributed by atoms with Gasteiger partial charge in [0.25, 0.3) is 0 Å². The molecule has 80 valence electrons. The molecular formula is C10H12N2O2S. The van der Waals surface area contributed by atoms with Crippen LogP contribution in [0.3, 0.4) is 0 Å². The van der Waals surface area contributed by atoms with Crippen molar-refractivity contribution in [2.75, 3.05) is 11.5 Å². The van der Waals surface area contributed by atoms with Crippen molar-refractivity contribution in [3.8, 4) is 6.07 Å². The molecule has 0 spiro atoms. The van der Waals surface area contributed by atoms with E-state index >= 15 is 0 Å². The molecule has 0 saturated carbocycles. The van der Waals surface area contributed by atoms with Gasteiger partial charge in [0.1, 0.15) is 0 Å². The first-order valence-corrected chi connectivity index (χ1v) is 6.17. The fourth-order valence-electron chi connectivity index (χ4n) is 1.21. The van der Waals surface area contributed by atoms with E-state index in [1.165, 1.54) is 6.07 Å². The monoisotopic (exact) mass is 224 g/mol. The average Bonchev–Trinajstić information content (AvgIpc) is 2.18. The summed E-state index contributed by atoms with van der Waals surface area (Å²) in [6, 6.07) is 8.26. The zero-order chi connectivity index (χ0) is 11.3. The summed E-state index contributed by atoms with van der Waals surface area (Å²) >= 11 is 0. The minimum Gasteiger partial charge on any atom is -0.398 e. The van der Waals surface area contributed by atoms with E-state index in [9.17, 15) is 8.42 Å². The second-order valence-electron chi connectivity index (χ2n) is 3.12. The van der Waals surface area contributed by atoms with Crippen LogP contribution in [0.5, 0.6) is 0 Å². The molecule has 0 unspecified atom stereocenters. The van der Waals surface area contributed by atoms with Crippen molar-refractivity contribution < 1.29 is 8.42 Å². The molecule has 0 aliphatic carbocycles. The van der Waals surface area contributed by atoms with Crippen molar-refractivity contribution in [1.29, 1.82) is 5.26 Å². The highest BCUT2D eigenvalue weighted by Crippen LogP contribution is 2.19. The number of sulfone groups is 1. The third-order valence-corrected chi connectivity index (χ3v) is 3.82. The van der Waals surface area contributed by atoms with Crippen LogP contribution in [0.4, 0.5) is 5.69 Å². The zero-order valence-corrected chi connectivity index (χ0v) is 9.00. The molecule has 0 aliphatic rings. The number of hydrogen-bond donors (Lipinski definition) is 1. The minimum atomic E-state index is -3.34. The number of nitrogens with zero attached hydrogens (tertiary/aromatic N) is 1. The molecule has 0 bridgehead atoms. The van der Waals surface area contributed by atoms with Crippen molar-refractivity contribution in [1.82, 2.24) is 0 Å². The van der Waals surface area contributed by atoms with E-state index in [1.54, 1.807) is 18.2 Å². The number of nitrogen functional groups attached to an aromatic ring is 1. The first-order chi connectivity index (χ1) is 7.08. The summed E-state index contributed by atoms with van der Waals surface area (Å²) in [7, 11) is -3.34. The predicted molar refractivity (Wildman–Crippen MR) is 57.8 cm³/mol. The van der Waals surface area contributed by atoms with Gasteiger partial charge in [-0.25, -0.2) is 8.42 Å². The summed E-state index contributed by atoms with van der Waals surface area (Å²) < 4.78 is 23.5. The molecule has 0 aromatic heterocycles. The SMILES string of the molecule is N#CCCCS(=O)(=O)c1ccccc1N. The van der Waals surface area contributed by atoms with Crippen molar-refractivity contribution in [2.45, 2.75) is 17.7 Å². The first kappa shape index (κ1) is 11.5. The minimum absolute atomic E-state index is 0.0330. The molecular weight excluding hydrogens is 212 g/mol. The standard InChI is InChI=1S/C10H12N2O2S/c11-7-3-4-8-15(13,14)10-6-2-1-5-9(10)12/h1-2,5-6H,3-4,8,12H2. The maximum Gasteiger partial charge on any atom is 0.180 e. The van der Waals surface area contributed by atoms with Gasteiger partial charge in [-0.05, 0) is 18.6 Å². The molecule has 15 heavy (non-hydrogen) atoms. The Bertz CT molecular complexity index is 474. The van der Waals surface area contributed by atoms with Crippen LogP contribution in [0.25, 0.3) is 0 Å². The highest BCUT2D eigenvalue weighted by molar-refractivity contribution is 7.91. The molecule has 0 radical (unpaired) electrons. The number of hydrogen-bond acceptors (Lipinski definition) is 4. The van der Waals surface area contributed by atoms with E-state index in [4.69, 9.17) is 11.0 Å². The molecule has 2 N–H and O–H groups in total. The van der Waals surface area contributed by atoms with Crippen molar-refractivity contribution in [3.63, 3.8) is 0 Å². The lowest BCUT2D eigenvalue weighted by molar-refractivity contribution is 0.594. The van der Waals surface area contributed by atoms with E-state index in [1.807, 2.05) is 6.07 Å². The Hall–Kier alpha value is -1.54. The molecule has 0 fully saturated rings. The summed E-state index contributed by atoms with van der Waals surface area (Å²) in [4.78, 5) is 0.155. The van der Waals surface area contributed by atoms with Crippen LogP contribution in [0, 0.1) is 11.3 Å². The molecule has 1 aromatic rings. The largest absolute Gasteiger partial charge is 0.398 e. The second kappa shape index (κ2) is 4.80. The lowest BCUT2D eigenvalue weighted by Crippen LogP contribution is -2.09. The van der Waals surface area contributed by atoms with Crippen LogP contribution in [0.15, 0.2) is 29.2 Å². The number of unbranched alkanes of at least 4 members (excludes halogenated alkanes) is 1. The lowest BCUT2D eigenvalue weighted by Gasteiger charge is -2.05. The number of anilines is 1. The molecule has 5 heteroatoms. The fraction of sp³-hybridized carbons (Fsp3) is 0.300. The third kappa shape index (κ3) is 2.96. The Labute approximate surface area is 89.2 Å². The quantitative estimate of drug-likeness (QED) is 0.618. The predicted octanol–water partition coefficient (Wildman–Crippen LogP) is 1.35. The van der Waals surface area contributed by atoms with E-state index < -0.39 is 9.84 Å². The second-order valence-corrected chi connectivity index (χ2v) is 5.20. The maximum atomic E-state index is 11.7. The van der Waals surface area contributed by atoms with Gasteiger partial charge >= 0.3 is 0 Å². The van der Waals surface area contributed by atoms with Gasteiger partial charge in [-0.2, -0.15) is 5.26 Å². The van der Waals surface area contributed by atoms with Crippen molar-refractivity contribution in [3.05, 3.63) is 24.3 Å². The molecule has 4 nitrogen and oxygen atoms in total. The highest BCUT2D eigenvalue weighted by atomic mass is 32.2. The zero-order valence-electron chi connectivity index (χ0n) is 8.18. The molecule has 0 amide bonds. The third-order valence-electron chi connectivity index (χ3n) is 1.96. The summed E-state index contributed by atoms with van der Waals surface area (Å²) in [6.45, 7) is 0. The van der Waals surface area contributed by atoms with Crippen LogP contribution >= 0.6 is 0 Å². The molecule has 1 aromatic carbocycles. The average molecular weight is 224 g/mol. The van der Waals surface area contributed by atoms with Crippen LogP contribution in [-0.4, -0.2) is 14.2 Å². The summed E-state index contributed by atoms with van der Waals surface area (Å²) in [5, 5.41) is 8.32. The van der Waals surface area contributed by atoms with Crippen molar-refractivity contribution >= 4 is 15.5 Å². The van der Waals surface area contributed by atoms with Gasteiger partial charge in [0.2, 0.25) is 0 Å². The number of rotatable bonds is 4. The Balaban J connectivity index is 2.88. The first-order valence-electron chi connectivity index (χ1n) is 4.52. The number of nitriles is 1. The summed E-state index contributed by atoms with van der Waals surface area (Å²) in [6.07, 6.45) is 0.582. The molecule has 0 heterocycles. The highest BCUT2D eigenvalue weighted by Gasteiger charge is 2.16. The van der Waals surface area contributed by atoms with E-state index in [-0.39, 0.29) is 22.8 Å². The Kier molecular flexibility index (Phi) is 3.69. The van der Waals surface area contributed by atoms with Gasteiger partial charge in [-0.3, -0.25) is 0 Å². The van der Waals surface area contributed by atoms with E-state index in [2.05, 4.69) is 0 Å². The van der Waals surface area contributed by atoms with Gasteiger partial charge < -0.3 is 5.73 Å². The summed E-state index contributed by atoms with van der Waals surface area (Å²) in [5.41, 5.74) is 5.83. The van der Waals surface area contributed by atoms with Crippen molar-refractivity contribution in [2.24, 2.45) is 0 Å². The van der Waals surface area contributed by atoms with Crippen LogP contribution < -0.4 is 5.73 Å². The Morgan fingerprint density at radius 2 is 2.00 bits per heavy atom. The molecule has 0 saturated heterocycles. The van der Waals surface area contributed by atoms with E-state index in [0.29, 0.717) is 6.42 Å². The number of benzene rings is 1. The summed E-state index contributed by atoms with van der Waals surface area (Å²) in [5.74, 6) is -0.0330. The van der Waals surface area contributed by atoms with Gasteiger partial charge in [0.05, 0.1) is 22.4 Å². The molecule has 0 atom stereocenters. The Morgan fingerprint density at radius 1 is 1.33 bits per heavy atom. The number of para-hydroxylation sites is 1. The Morgan fingerprint density at radius 3 is 2.60 bits per heavy atom. The van der Waals surface area contributed by atoms with Gasteiger partial charge in [0.15, 0.2) is 9.84 Å². The fourth-order valence-corrected chi connectivity index (χ4v) is 2.67. The number of nitrogens with two attached hydrogens (primary N) is 1. The normalized spacial score (nSPS) is 10.9. The van der Waals surface area contributed by atoms with Crippen LogP contribution in [0.1, 0.15) is 12.8 Å². The molecule has 1 rings (SSSR count). The topological polar surface area (TPSA) is 84.0 Å². The van der Waals surface area contributed by atoms with Gasteiger partial charge in [0, 0.05) is 6.42 Å².